The largest absolute Gasteiger partial charge is 0.468 e. The van der Waals surface area contributed by atoms with E-state index in [1.807, 2.05) is 0 Å². The van der Waals surface area contributed by atoms with Crippen LogP contribution in [-0.4, -0.2) is 28.7 Å². The second kappa shape index (κ2) is 5.65. The number of sulfonamides is 1. The number of aryl methyl sites for hydroxylation is 1. The van der Waals surface area contributed by atoms with E-state index < -0.39 is 10.0 Å². The average molecular weight is 309 g/mol. The van der Waals surface area contributed by atoms with Crippen LogP contribution in [0.25, 0.3) is 0 Å². The molecule has 1 aliphatic carbocycles. The van der Waals surface area contributed by atoms with E-state index in [0.29, 0.717) is 11.6 Å². The smallest absolute Gasteiger partial charge is 0.260 e. The third-order valence-corrected chi connectivity index (χ3v) is 5.70. The van der Waals surface area contributed by atoms with Crippen molar-refractivity contribution in [3.05, 3.63) is 36.2 Å². The van der Waals surface area contributed by atoms with Crippen LogP contribution in [0.15, 0.2) is 34.0 Å². The van der Waals surface area contributed by atoms with Gasteiger partial charge in [-0.1, -0.05) is 12.8 Å². The first kappa shape index (κ1) is 14.3. The van der Waals surface area contributed by atoms with Crippen molar-refractivity contribution in [1.29, 1.82) is 0 Å². The average Bonchev–Trinajstić information content (AvgIpc) is 3.18. The Balaban J connectivity index is 1.93. The molecule has 0 spiro atoms. The lowest BCUT2D eigenvalue weighted by Gasteiger charge is -2.26. The predicted molar refractivity (Wildman–Crippen MR) is 77.0 cm³/mol. The lowest BCUT2D eigenvalue weighted by molar-refractivity contribution is 0.291. The molecular formula is C14H19N3O3S. The zero-order chi connectivity index (χ0) is 14.9. The maximum atomic E-state index is 12.9. The number of aromatic amines is 1. The highest BCUT2D eigenvalue weighted by molar-refractivity contribution is 7.89. The highest BCUT2D eigenvalue weighted by atomic mass is 32.2. The minimum atomic E-state index is -3.58. The quantitative estimate of drug-likeness (QED) is 0.920. The lowest BCUT2D eigenvalue weighted by Crippen LogP contribution is -2.38. The number of hydrogen-bond acceptors (Lipinski definition) is 4. The van der Waals surface area contributed by atoms with Gasteiger partial charge in [0.15, 0.2) is 5.03 Å². The van der Waals surface area contributed by atoms with Crippen molar-refractivity contribution in [2.24, 2.45) is 0 Å². The summed E-state index contributed by atoms with van der Waals surface area (Å²) >= 11 is 0. The summed E-state index contributed by atoms with van der Waals surface area (Å²) in [6, 6.07) is 3.61. The molecule has 2 aromatic heterocycles. The monoisotopic (exact) mass is 309 g/mol. The van der Waals surface area contributed by atoms with Gasteiger partial charge in [-0.3, -0.25) is 0 Å². The summed E-state index contributed by atoms with van der Waals surface area (Å²) in [5, 5.41) is 0.151. The van der Waals surface area contributed by atoms with Gasteiger partial charge in [0.2, 0.25) is 0 Å². The summed E-state index contributed by atoms with van der Waals surface area (Å²) in [5.74, 6) is 1.25. The number of nitrogens with zero attached hydrogens (tertiary/aromatic N) is 2. The molecule has 0 aliphatic heterocycles. The third-order valence-electron chi connectivity index (χ3n) is 3.89. The molecule has 1 N–H and O–H groups in total. The summed E-state index contributed by atoms with van der Waals surface area (Å²) in [7, 11) is -3.58. The second-order valence-electron chi connectivity index (χ2n) is 5.40. The minimum absolute atomic E-state index is 0.0312. The molecule has 0 amide bonds. The fourth-order valence-electron chi connectivity index (χ4n) is 2.81. The molecule has 1 aliphatic rings. The molecule has 21 heavy (non-hydrogen) atoms. The van der Waals surface area contributed by atoms with Gasteiger partial charge >= 0.3 is 0 Å². The maximum absolute atomic E-state index is 12.9. The highest BCUT2D eigenvalue weighted by Gasteiger charge is 2.34. The van der Waals surface area contributed by atoms with Crippen LogP contribution in [0, 0.1) is 6.92 Å². The summed E-state index contributed by atoms with van der Waals surface area (Å²) in [6.07, 6.45) is 6.87. The third kappa shape index (κ3) is 2.89. The normalized spacial score (nSPS) is 16.9. The first-order chi connectivity index (χ1) is 10.1. The Morgan fingerprint density at radius 2 is 2.19 bits per heavy atom. The van der Waals surface area contributed by atoms with Crippen LogP contribution in [0.5, 0.6) is 0 Å². The Bertz CT molecular complexity index is 685. The van der Waals surface area contributed by atoms with Crippen LogP contribution in [0.2, 0.25) is 0 Å². The van der Waals surface area contributed by atoms with E-state index in [-0.39, 0.29) is 17.6 Å². The van der Waals surface area contributed by atoms with E-state index >= 15 is 0 Å². The van der Waals surface area contributed by atoms with E-state index in [4.69, 9.17) is 4.42 Å². The Morgan fingerprint density at radius 1 is 1.43 bits per heavy atom. The molecule has 0 bridgehead atoms. The Morgan fingerprint density at radius 3 is 2.76 bits per heavy atom. The molecule has 0 aromatic carbocycles. The molecule has 0 radical (unpaired) electrons. The van der Waals surface area contributed by atoms with Gasteiger partial charge in [0.1, 0.15) is 11.6 Å². The van der Waals surface area contributed by atoms with Gasteiger partial charge in [-0.2, -0.15) is 4.31 Å². The van der Waals surface area contributed by atoms with Crippen LogP contribution >= 0.6 is 0 Å². The molecule has 114 valence electrons. The molecule has 2 heterocycles. The number of rotatable bonds is 5. The molecular weight excluding hydrogens is 290 g/mol. The molecule has 0 saturated heterocycles. The van der Waals surface area contributed by atoms with Gasteiger partial charge in [0, 0.05) is 6.04 Å². The van der Waals surface area contributed by atoms with Gasteiger partial charge in [-0.25, -0.2) is 13.4 Å². The highest BCUT2D eigenvalue weighted by Crippen LogP contribution is 2.29. The number of H-pyrrole nitrogens is 1. The topological polar surface area (TPSA) is 79.2 Å². The summed E-state index contributed by atoms with van der Waals surface area (Å²) in [4.78, 5) is 6.83. The Hall–Kier alpha value is -1.60. The Labute approximate surface area is 124 Å². The number of furan rings is 1. The van der Waals surface area contributed by atoms with E-state index in [1.165, 1.54) is 6.20 Å². The molecule has 3 rings (SSSR count). The van der Waals surface area contributed by atoms with Crippen molar-refractivity contribution in [1.82, 2.24) is 14.3 Å². The zero-order valence-electron chi connectivity index (χ0n) is 11.9. The number of aromatic nitrogens is 2. The van der Waals surface area contributed by atoms with Gasteiger partial charge in [0.05, 0.1) is 19.0 Å². The molecule has 0 unspecified atom stereocenters. The van der Waals surface area contributed by atoms with E-state index in [0.717, 1.165) is 25.7 Å². The zero-order valence-corrected chi connectivity index (χ0v) is 12.8. The maximum Gasteiger partial charge on any atom is 0.260 e. The lowest BCUT2D eigenvalue weighted by atomic mass is 10.2. The molecule has 6 nitrogen and oxygen atoms in total. The number of nitrogens with one attached hydrogen (secondary N) is 1. The van der Waals surface area contributed by atoms with Gasteiger partial charge in [-0.15, -0.1) is 0 Å². The Kier molecular flexibility index (Phi) is 3.86. The van der Waals surface area contributed by atoms with Crippen LogP contribution in [0.1, 0.15) is 37.3 Å². The van der Waals surface area contributed by atoms with E-state index in [1.54, 1.807) is 29.6 Å². The van der Waals surface area contributed by atoms with Crippen molar-refractivity contribution in [2.45, 2.75) is 50.2 Å². The molecule has 1 fully saturated rings. The van der Waals surface area contributed by atoms with Gasteiger partial charge in [0.25, 0.3) is 10.0 Å². The number of hydrogen-bond donors (Lipinski definition) is 1. The molecule has 2 aromatic rings. The van der Waals surface area contributed by atoms with Crippen LogP contribution in [0.4, 0.5) is 0 Å². The summed E-state index contributed by atoms with van der Waals surface area (Å²) in [5.41, 5.74) is 0. The first-order valence-electron chi connectivity index (χ1n) is 7.13. The SMILES string of the molecule is Cc1ncc(S(=O)(=O)N(Cc2ccco2)C2CCCC2)[nH]1. The molecule has 7 heteroatoms. The predicted octanol–water partition coefficient (Wildman–Crippen LogP) is 2.44. The minimum Gasteiger partial charge on any atom is -0.468 e. The van der Waals surface area contributed by atoms with Crippen molar-refractivity contribution < 1.29 is 12.8 Å². The summed E-state index contributed by atoms with van der Waals surface area (Å²) in [6.45, 7) is 2.00. The van der Waals surface area contributed by atoms with Crippen molar-refractivity contribution in [2.75, 3.05) is 0 Å². The second-order valence-corrected chi connectivity index (χ2v) is 7.26. The summed E-state index contributed by atoms with van der Waals surface area (Å²) < 4.78 is 32.6. The fourth-order valence-corrected chi connectivity index (χ4v) is 4.43. The standard InChI is InChI=1S/C14H19N3O3S/c1-11-15-9-14(16-11)21(18,19)17(12-5-2-3-6-12)10-13-7-4-8-20-13/h4,7-9,12H,2-3,5-6,10H2,1H3,(H,15,16). The molecule has 0 atom stereocenters. The van der Waals surface area contributed by atoms with Crippen molar-refractivity contribution in [3.63, 3.8) is 0 Å². The van der Waals surface area contributed by atoms with Gasteiger partial charge in [-0.05, 0) is 31.9 Å². The van der Waals surface area contributed by atoms with Gasteiger partial charge < -0.3 is 9.40 Å². The first-order valence-corrected chi connectivity index (χ1v) is 8.57. The van der Waals surface area contributed by atoms with Crippen LogP contribution in [-0.2, 0) is 16.6 Å². The van der Waals surface area contributed by atoms with Crippen molar-refractivity contribution in [3.8, 4) is 0 Å². The molecule has 1 saturated carbocycles. The van der Waals surface area contributed by atoms with E-state index in [2.05, 4.69) is 9.97 Å². The van der Waals surface area contributed by atoms with Crippen LogP contribution in [0.3, 0.4) is 0 Å². The fraction of sp³-hybridized carbons (Fsp3) is 0.500. The van der Waals surface area contributed by atoms with E-state index in [9.17, 15) is 8.42 Å². The number of imidazole rings is 1. The van der Waals surface area contributed by atoms with Crippen LogP contribution < -0.4 is 0 Å². The van der Waals surface area contributed by atoms with Crippen molar-refractivity contribution >= 4 is 10.0 Å².